The van der Waals surface area contributed by atoms with Gasteiger partial charge in [0.15, 0.2) is 10.3 Å². The number of para-hydroxylation sites is 1. The second-order valence-corrected chi connectivity index (χ2v) is 7.85. The Kier molecular flexibility index (Phi) is 10.3. The van der Waals surface area contributed by atoms with Gasteiger partial charge in [0.1, 0.15) is 12.4 Å². The zero-order valence-corrected chi connectivity index (χ0v) is 17.5. The third kappa shape index (κ3) is 9.16. The van der Waals surface area contributed by atoms with Crippen molar-refractivity contribution in [2.75, 3.05) is 31.8 Å². The summed E-state index contributed by atoms with van der Waals surface area (Å²) in [5.74, 6) is 2.55. The smallest absolute Gasteiger partial charge is 0.159 e. The van der Waals surface area contributed by atoms with Gasteiger partial charge in [-0.15, -0.1) is 0 Å². The molecule has 0 fully saturated rings. The van der Waals surface area contributed by atoms with Gasteiger partial charge in [-0.1, -0.05) is 41.7 Å². The zero-order valence-electron chi connectivity index (χ0n) is 15.9. The Bertz CT molecular complexity index is 753. The number of rotatable bonds is 10. The van der Waals surface area contributed by atoms with Gasteiger partial charge in [-0.25, -0.2) is 9.98 Å². The van der Waals surface area contributed by atoms with Crippen molar-refractivity contribution in [1.29, 1.82) is 0 Å². The molecular weight excluding hydrogens is 392 g/mol. The van der Waals surface area contributed by atoms with Crippen molar-refractivity contribution in [2.45, 2.75) is 6.42 Å². The van der Waals surface area contributed by atoms with Crippen molar-refractivity contribution in [1.82, 2.24) is 0 Å². The first-order chi connectivity index (χ1) is 13.7. The molecule has 0 amide bonds. The molecule has 2 aromatic carbocycles. The Morgan fingerprint density at radius 3 is 1.96 bits per heavy atom. The highest BCUT2D eigenvalue weighted by atomic mass is 32.2. The van der Waals surface area contributed by atoms with Gasteiger partial charge in [-0.3, -0.25) is 0 Å². The standard InChI is InChI=1S/C20H26N4O2S2/c1-25-12-13-26-18-10-8-17(9-11-18)24-20(22)28-15-5-14-27-19(21)23-16-6-3-2-4-7-16/h2-4,6-11H,5,12-15H2,1H3,(H2,21,23)(H2,22,24). The van der Waals surface area contributed by atoms with E-state index in [1.807, 2.05) is 54.6 Å². The minimum atomic E-state index is 0.524. The minimum Gasteiger partial charge on any atom is -0.491 e. The molecule has 0 bridgehead atoms. The first kappa shape index (κ1) is 22.1. The van der Waals surface area contributed by atoms with Crippen LogP contribution in [-0.2, 0) is 4.74 Å². The van der Waals surface area contributed by atoms with Crippen LogP contribution in [0.4, 0.5) is 11.4 Å². The van der Waals surface area contributed by atoms with Crippen LogP contribution < -0.4 is 16.2 Å². The molecule has 0 heterocycles. The summed E-state index contributed by atoms with van der Waals surface area (Å²) in [6, 6.07) is 17.2. The monoisotopic (exact) mass is 418 g/mol. The molecule has 150 valence electrons. The van der Waals surface area contributed by atoms with Crippen molar-refractivity contribution in [3.8, 4) is 5.75 Å². The lowest BCUT2D eigenvalue weighted by Crippen LogP contribution is -2.09. The SMILES string of the molecule is COCCOc1ccc(N=C(N)SCCCSC(N)=Nc2ccccc2)cc1. The van der Waals surface area contributed by atoms with Gasteiger partial charge in [0.25, 0.3) is 0 Å². The number of benzene rings is 2. The lowest BCUT2D eigenvalue weighted by Gasteiger charge is -2.05. The summed E-state index contributed by atoms with van der Waals surface area (Å²) >= 11 is 3.08. The summed E-state index contributed by atoms with van der Waals surface area (Å²) in [5.41, 5.74) is 13.6. The Morgan fingerprint density at radius 2 is 1.39 bits per heavy atom. The molecule has 0 saturated carbocycles. The molecule has 0 atom stereocenters. The van der Waals surface area contributed by atoms with Crippen molar-refractivity contribution in [3.05, 3.63) is 54.6 Å². The number of ether oxygens (including phenoxy) is 2. The van der Waals surface area contributed by atoms with Gasteiger partial charge >= 0.3 is 0 Å². The van der Waals surface area contributed by atoms with E-state index in [1.165, 1.54) is 11.8 Å². The van der Waals surface area contributed by atoms with Crippen LogP contribution in [0.15, 0.2) is 64.6 Å². The molecule has 0 aliphatic heterocycles. The Morgan fingerprint density at radius 1 is 0.821 bits per heavy atom. The maximum atomic E-state index is 6.00. The molecule has 0 unspecified atom stereocenters. The number of amidine groups is 2. The van der Waals surface area contributed by atoms with E-state index in [1.54, 1.807) is 18.9 Å². The average molecular weight is 419 g/mol. The molecule has 0 spiro atoms. The topological polar surface area (TPSA) is 95.2 Å². The maximum Gasteiger partial charge on any atom is 0.159 e. The third-order valence-corrected chi connectivity index (χ3v) is 5.18. The van der Waals surface area contributed by atoms with Gasteiger partial charge in [0.05, 0.1) is 18.0 Å². The van der Waals surface area contributed by atoms with E-state index in [2.05, 4.69) is 9.98 Å². The molecular formula is C20H26N4O2S2. The summed E-state index contributed by atoms with van der Waals surface area (Å²) in [4.78, 5) is 8.77. The van der Waals surface area contributed by atoms with Gasteiger partial charge < -0.3 is 20.9 Å². The van der Waals surface area contributed by atoms with Crippen LogP contribution in [-0.4, -0.2) is 42.2 Å². The number of nitrogens with zero attached hydrogens (tertiary/aromatic N) is 2. The third-order valence-electron chi connectivity index (χ3n) is 3.42. The van der Waals surface area contributed by atoms with E-state index in [0.29, 0.717) is 23.5 Å². The summed E-state index contributed by atoms with van der Waals surface area (Å²) in [7, 11) is 1.65. The number of thioether (sulfide) groups is 2. The van der Waals surface area contributed by atoms with Crippen LogP contribution in [0.25, 0.3) is 0 Å². The maximum absolute atomic E-state index is 6.00. The highest BCUT2D eigenvalue weighted by Gasteiger charge is 2.00. The molecule has 2 rings (SSSR count). The summed E-state index contributed by atoms with van der Waals surface area (Å²) in [5, 5.41) is 1.12. The number of hydrogen-bond donors (Lipinski definition) is 2. The Balaban J connectivity index is 1.66. The van der Waals surface area contributed by atoms with Gasteiger partial charge in [0, 0.05) is 18.6 Å². The first-order valence-electron chi connectivity index (χ1n) is 8.88. The second kappa shape index (κ2) is 13.1. The predicted octanol–water partition coefficient (Wildman–Crippen LogP) is 4.16. The minimum absolute atomic E-state index is 0.524. The molecule has 0 radical (unpaired) electrons. The summed E-state index contributed by atoms with van der Waals surface area (Å²) < 4.78 is 10.5. The van der Waals surface area contributed by atoms with Crippen molar-refractivity contribution >= 4 is 45.2 Å². The fourth-order valence-electron chi connectivity index (χ4n) is 2.09. The van der Waals surface area contributed by atoms with Gasteiger partial charge in [-0.2, -0.15) is 0 Å². The van der Waals surface area contributed by atoms with Crippen LogP contribution >= 0.6 is 23.5 Å². The average Bonchev–Trinajstić information content (AvgIpc) is 2.70. The quantitative estimate of drug-likeness (QED) is 0.342. The van der Waals surface area contributed by atoms with E-state index >= 15 is 0 Å². The Hall–Kier alpha value is -2.16. The molecule has 8 heteroatoms. The summed E-state index contributed by atoms with van der Waals surface area (Å²) in [6.45, 7) is 1.08. The molecule has 0 aromatic heterocycles. The van der Waals surface area contributed by atoms with Crippen LogP contribution in [0.5, 0.6) is 5.75 Å². The van der Waals surface area contributed by atoms with Crippen molar-refractivity contribution in [2.24, 2.45) is 21.5 Å². The van der Waals surface area contributed by atoms with E-state index in [9.17, 15) is 0 Å². The lowest BCUT2D eigenvalue weighted by atomic mass is 10.3. The first-order valence-corrected chi connectivity index (χ1v) is 10.9. The van der Waals surface area contributed by atoms with Crippen molar-refractivity contribution < 1.29 is 9.47 Å². The molecule has 4 N–H and O–H groups in total. The molecule has 0 aliphatic rings. The van der Waals surface area contributed by atoms with Crippen molar-refractivity contribution in [3.63, 3.8) is 0 Å². The lowest BCUT2D eigenvalue weighted by molar-refractivity contribution is 0.146. The van der Waals surface area contributed by atoms with Crippen LogP contribution in [0.2, 0.25) is 0 Å². The number of aliphatic imine (C=N–C) groups is 2. The van der Waals surface area contributed by atoms with E-state index in [0.717, 1.165) is 35.1 Å². The largest absolute Gasteiger partial charge is 0.491 e. The fraction of sp³-hybridized carbons (Fsp3) is 0.300. The number of methoxy groups -OCH3 is 1. The summed E-state index contributed by atoms with van der Waals surface area (Å²) in [6.07, 6.45) is 0.961. The van der Waals surface area contributed by atoms with E-state index in [-0.39, 0.29) is 0 Å². The zero-order chi connectivity index (χ0) is 20.0. The molecule has 2 aromatic rings. The normalized spacial score (nSPS) is 12.2. The highest BCUT2D eigenvalue weighted by Crippen LogP contribution is 2.20. The predicted molar refractivity (Wildman–Crippen MR) is 122 cm³/mol. The van der Waals surface area contributed by atoms with E-state index < -0.39 is 0 Å². The van der Waals surface area contributed by atoms with Crippen LogP contribution in [0.3, 0.4) is 0 Å². The van der Waals surface area contributed by atoms with Crippen LogP contribution in [0, 0.1) is 0 Å². The number of nitrogens with two attached hydrogens (primary N) is 2. The fourth-order valence-corrected chi connectivity index (χ4v) is 3.61. The van der Waals surface area contributed by atoms with Gasteiger partial charge in [0.2, 0.25) is 0 Å². The van der Waals surface area contributed by atoms with Crippen LogP contribution in [0.1, 0.15) is 6.42 Å². The molecule has 28 heavy (non-hydrogen) atoms. The highest BCUT2D eigenvalue weighted by molar-refractivity contribution is 8.14. The Labute approximate surface area is 174 Å². The molecule has 0 saturated heterocycles. The second-order valence-electron chi connectivity index (χ2n) is 5.62. The van der Waals surface area contributed by atoms with E-state index in [4.69, 9.17) is 20.9 Å². The molecule has 6 nitrogen and oxygen atoms in total. The molecule has 0 aliphatic carbocycles. The van der Waals surface area contributed by atoms with Gasteiger partial charge in [-0.05, 0) is 42.8 Å². The number of hydrogen-bond acceptors (Lipinski definition) is 6.